The lowest BCUT2D eigenvalue weighted by molar-refractivity contribution is 0.152. The van der Waals surface area contributed by atoms with E-state index in [0.29, 0.717) is 16.5 Å². The largest absolute Gasteiger partial charge is 0.264 e. The Balaban J connectivity index is 2.86. The third-order valence-electron chi connectivity index (χ3n) is 2.31. The highest BCUT2D eigenvalue weighted by Crippen LogP contribution is 2.29. The van der Waals surface area contributed by atoms with E-state index in [9.17, 15) is 13.2 Å². The van der Waals surface area contributed by atoms with Gasteiger partial charge in [0.05, 0.1) is 0 Å². The van der Waals surface area contributed by atoms with Gasteiger partial charge in [-0.2, -0.15) is 0 Å². The minimum atomic E-state index is -2.68. The molecule has 15 heavy (non-hydrogen) atoms. The van der Waals surface area contributed by atoms with Crippen LogP contribution in [-0.4, -0.2) is 4.98 Å². The maximum atomic E-state index is 13.1. The van der Waals surface area contributed by atoms with Crippen molar-refractivity contribution in [1.82, 2.24) is 4.98 Å². The Morgan fingerprint density at radius 2 is 1.93 bits per heavy atom. The zero-order valence-corrected chi connectivity index (χ0v) is 7.97. The molecule has 0 unspecified atom stereocenters. The number of benzene rings is 1. The van der Waals surface area contributed by atoms with Gasteiger partial charge in [0.15, 0.2) is 0 Å². The molecule has 0 N–H and O–H groups in total. The Bertz CT molecular complexity index is 508. The van der Waals surface area contributed by atoms with Gasteiger partial charge in [-0.15, -0.1) is 0 Å². The van der Waals surface area contributed by atoms with E-state index in [1.807, 2.05) is 0 Å². The lowest BCUT2D eigenvalue weighted by Gasteiger charge is -2.07. The highest BCUT2D eigenvalue weighted by Gasteiger charge is 2.14. The van der Waals surface area contributed by atoms with E-state index in [0.717, 1.165) is 6.07 Å². The fourth-order valence-electron chi connectivity index (χ4n) is 1.60. The van der Waals surface area contributed by atoms with Crippen LogP contribution in [0.4, 0.5) is 13.2 Å². The van der Waals surface area contributed by atoms with E-state index >= 15 is 0 Å². The minimum Gasteiger partial charge on any atom is -0.261 e. The van der Waals surface area contributed by atoms with Crippen molar-refractivity contribution in [2.75, 3.05) is 0 Å². The molecule has 2 aromatic rings. The van der Waals surface area contributed by atoms with Crippen LogP contribution in [0.25, 0.3) is 10.8 Å². The van der Waals surface area contributed by atoms with Crippen LogP contribution in [0, 0.1) is 12.7 Å². The Morgan fingerprint density at radius 3 is 2.60 bits per heavy atom. The van der Waals surface area contributed by atoms with Gasteiger partial charge >= 0.3 is 0 Å². The number of pyridine rings is 1. The number of fused-ring (bicyclic) bond motifs is 1. The van der Waals surface area contributed by atoms with Crippen LogP contribution in [0.2, 0.25) is 0 Å². The summed E-state index contributed by atoms with van der Waals surface area (Å²) in [6.07, 6.45) is -1.23. The molecule has 0 aliphatic heterocycles. The number of rotatable bonds is 1. The summed E-state index contributed by atoms with van der Waals surface area (Å²) < 4.78 is 38.3. The first-order valence-electron chi connectivity index (χ1n) is 4.42. The topological polar surface area (TPSA) is 12.9 Å². The molecule has 0 atom stereocenters. The van der Waals surface area contributed by atoms with Crippen LogP contribution in [0.15, 0.2) is 24.4 Å². The summed E-state index contributed by atoms with van der Waals surface area (Å²) >= 11 is 0. The SMILES string of the molecule is Cc1nccc2c(C(F)F)cc(F)cc12. The molecule has 0 amide bonds. The number of alkyl halides is 2. The Labute approximate surface area is 84.6 Å². The molecule has 0 fully saturated rings. The Morgan fingerprint density at radius 1 is 1.20 bits per heavy atom. The van der Waals surface area contributed by atoms with Gasteiger partial charge in [-0.05, 0) is 30.5 Å². The number of aromatic nitrogens is 1. The molecular weight excluding hydrogens is 203 g/mol. The summed E-state index contributed by atoms with van der Waals surface area (Å²) in [7, 11) is 0. The minimum absolute atomic E-state index is 0.282. The molecule has 0 aliphatic carbocycles. The molecule has 4 heteroatoms. The first-order chi connectivity index (χ1) is 7.09. The molecule has 0 saturated heterocycles. The van der Waals surface area contributed by atoms with Gasteiger partial charge in [0.1, 0.15) is 5.82 Å². The second-order valence-electron chi connectivity index (χ2n) is 3.29. The van der Waals surface area contributed by atoms with Gasteiger partial charge in [0.2, 0.25) is 0 Å². The smallest absolute Gasteiger partial charge is 0.261 e. The lowest BCUT2D eigenvalue weighted by atomic mass is 10.0. The van der Waals surface area contributed by atoms with Crippen molar-refractivity contribution in [1.29, 1.82) is 0 Å². The molecule has 0 radical (unpaired) electrons. The third-order valence-corrected chi connectivity index (χ3v) is 2.31. The highest BCUT2D eigenvalue weighted by molar-refractivity contribution is 5.87. The summed E-state index contributed by atoms with van der Waals surface area (Å²) in [4.78, 5) is 3.94. The predicted molar refractivity (Wildman–Crippen MR) is 51.4 cm³/mol. The number of aryl methyl sites for hydroxylation is 1. The molecule has 0 spiro atoms. The second-order valence-corrected chi connectivity index (χ2v) is 3.29. The molecule has 0 bridgehead atoms. The van der Waals surface area contributed by atoms with Crippen molar-refractivity contribution < 1.29 is 13.2 Å². The van der Waals surface area contributed by atoms with Crippen LogP contribution in [0.3, 0.4) is 0 Å². The maximum absolute atomic E-state index is 13.1. The molecule has 1 nitrogen and oxygen atoms in total. The molecule has 0 saturated carbocycles. The van der Waals surface area contributed by atoms with E-state index in [2.05, 4.69) is 4.98 Å². The summed E-state index contributed by atoms with van der Waals surface area (Å²) in [6.45, 7) is 1.66. The van der Waals surface area contributed by atoms with Gasteiger partial charge in [-0.3, -0.25) is 4.98 Å². The maximum Gasteiger partial charge on any atom is 0.264 e. The fourth-order valence-corrected chi connectivity index (χ4v) is 1.60. The number of nitrogens with zero attached hydrogens (tertiary/aromatic N) is 1. The Kier molecular flexibility index (Phi) is 2.34. The average molecular weight is 211 g/mol. The first kappa shape index (κ1) is 9.96. The van der Waals surface area contributed by atoms with Gasteiger partial charge in [0.25, 0.3) is 6.43 Å². The summed E-state index contributed by atoms with van der Waals surface area (Å²) in [5.41, 5.74) is 0.268. The Hall–Kier alpha value is -1.58. The zero-order valence-electron chi connectivity index (χ0n) is 7.97. The second kappa shape index (κ2) is 3.53. The van der Waals surface area contributed by atoms with E-state index < -0.39 is 12.2 Å². The van der Waals surface area contributed by atoms with Crippen LogP contribution < -0.4 is 0 Å². The van der Waals surface area contributed by atoms with Crippen molar-refractivity contribution in [2.45, 2.75) is 13.3 Å². The third kappa shape index (κ3) is 1.67. The lowest BCUT2D eigenvalue weighted by Crippen LogP contribution is -1.92. The monoisotopic (exact) mass is 211 g/mol. The molecular formula is C11H8F3N. The molecule has 1 aromatic carbocycles. The van der Waals surface area contributed by atoms with Gasteiger partial charge in [-0.1, -0.05) is 0 Å². The number of hydrogen-bond donors (Lipinski definition) is 0. The van der Waals surface area contributed by atoms with Crippen LogP contribution in [0.5, 0.6) is 0 Å². The van der Waals surface area contributed by atoms with E-state index in [4.69, 9.17) is 0 Å². The number of halogens is 3. The average Bonchev–Trinajstić information content (AvgIpc) is 2.18. The van der Waals surface area contributed by atoms with Gasteiger partial charge in [0, 0.05) is 22.8 Å². The standard InChI is InChI=1S/C11H8F3N/c1-6-9-4-7(12)5-10(11(13)14)8(9)2-3-15-6/h2-5,11H,1H3. The number of hydrogen-bond acceptors (Lipinski definition) is 1. The van der Waals surface area contributed by atoms with E-state index in [1.165, 1.54) is 18.3 Å². The van der Waals surface area contributed by atoms with Gasteiger partial charge < -0.3 is 0 Å². The van der Waals surface area contributed by atoms with Gasteiger partial charge in [-0.25, -0.2) is 13.2 Å². The van der Waals surface area contributed by atoms with Crippen LogP contribution in [0.1, 0.15) is 17.7 Å². The van der Waals surface area contributed by atoms with Crippen LogP contribution >= 0.6 is 0 Å². The molecule has 78 valence electrons. The normalized spacial score (nSPS) is 11.3. The quantitative estimate of drug-likeness (QED) is 0.702. The van der Waals surface area contributed by atoms with E-state index in [1.54, 1.807) is 6.92 Å². The molecule has 2 rings (SSSR count). The van der Waals surface area contributed by atoms with Crippen LogP contribution in [-0.2, 0) is 0 Å². The summed E-state index contributed by atoms with van der Waals surface area (Å²) in [5, 5.41) is 0.798. The van der Waals surface area contributed by atoms with Crippen molar-refractivity contribution in [3.05, 3.63) is 41.5 Å². The van der Waals surface area contributed by atoms with Crippen molar-refractivity contribution in [3.8, 4) is 0 Å². The predicted octanol–water partition coefficient (Wildman–Crippen LogP) is 3.62. The summed E-state index contributed by atoms with van der Waals surface area (Å²) in [5.74, 6) is -0.658. The highest BCUT2D eigenvalue weighted by atomic mass is 19.3. The molecule has 1 aromatic heterocycles. The van der Waals surface area contributed by atoms with E-state index in [-0.39, 0.29) is 5.56 Å². The summed E-state index contributed by atoms with van der Waals surface area (Å²) in [6, 6.07) is 3.57. The molecule has 1 heterocycles. The molecule has 0 aliphatic rings. The van der Waals surface area contributed by atoms with Crippen molar-refractivity contribution in [3.63, 3.8) is 0 Å². The van der Waals surface area contributed by atoms with Crippen molar-refractivity contribution >= 4 is 10.8 Å². The fraction of sp³-hybridized carbons (Fsp3) is 0.182. The first-order valence-corrected chi connectivity index (χ1v) is 4.42. The van der Waals surface area contributed by atoms with Crippen molar-refractivity contribution in [2.24, 2.45) is 0 Å². The zero-order chi connectivity index (χ0) is 11.0.